The first-order chi connectivity index (χ1) is 18.0. The molecule has 2 heterocycles. The highest BCUT2D eigenvalue weighted by atomic mass is 16.7. The molecule has 2 fully saturated rings. The number of amides is 2. The van der Waals surface area contributed by atoms with E-state index < -0.39 is 22.6 Å². The molecule has 0 aliphatic carbocycles. The standard InChI is InChI=1S/C28H52BN3O7/c1-10-28(22(34)36-9)27(16-19-32-28,15-13-17-29-38-25(5,6)26(7,8)39-29)20-31-21(33)14-11-12-18-30-23(35)37-24(2,3)4/h32H,10-20H2,1-9H3,(H,30,35)(H,31,33)/t27-,28-/m1/s1. The Kier molecular flexibility index (Phi) is 11.3. The first-order valence-corrected chi connectivity index (χ1v) is 14.5. The van der Waals surface area contributed by atoms with Gasteiger partial charge in [0.05, 0.1) is 18.3 Å². The van der Waals surface area contributed by atoms with E-state index >= 15 is 0 Å². The second-order valence-corrected chi connectivity index (χ2v) is 12.9. The van der Waals surface area contributed by atoms with E-state index in [1.54, 1.807) is 0 Å². The number of hydrogen-bond donors (Lipinski definition) is 3. The molecular formula is C28H52BN3O7. The molecule has 0 aromatic rings. The van der Waals surface area contributed by atoms with Gasteiger partial charge in [0.1, 0.15) is 11.1 Å². The van der Waals surface area contributed by atoms with Crippen LogP contribution in [0.4, 0.5) is 4.79 Å². The predicted octanol–water partition coefficient (Wildman–Crippen LogP) is 3.97. The molecular weight excluding hydrogens is 501 g/mol. The van der Waals surface area contributed by atoms with E-state index in [0.29, 0.717) is 58.1 Å². The summed E-state index contributed by atoms with van der Waals surface area (Å²) < 4.78 is 22.8. The molecule has 0 unspecified atom stereocenters. The summed E-state index contributed by atoms with van der Waals surface area (Å²) in [5.41, 5.74) is -2.69. The van der Waals surface area contributed by atoms with Crippen molar-refractivity contribution in [3.63, 3.8) is 0 Å². The number of nitrogens with one attached hydrogen (secondary N) is 3. The molecule has 39 heavy (non-hydrogen) atoms. The van der Waals surface area contributed by atoms with Crippen LogP contribution in [-0.2, 0) is 28.4 Å². The molecule has 2 aliphatic heterocycles. The molecule has 0 bridgehead atoms. The zero-order valence-corrected chi connectivity index (χ0v) is 25.7. The number of carbonyl (C=O) groups is 3. The average molecular weight is 554 g/mol. The van der Waals surface area contributed by atoms with Gasteiger partial charge in [-0.1, -0.05) is 13.3 Å². The fourth-order valence-electron chi connectivity index (χ4n) is 5.65. The van der Waals surface area contributed by atoms with Crippen LogP contribution in [0.5, 0.6) is 0 Å². The van der Waals surface area contributed by atoms with E-state index in [0.717, 1.165) is 12.8 Å². The third-order valence-corrected chi connectivity index (χ3v) is 8.52. The van der Waals surface area contributed by atoms with Gasteiger partial charge < -0.3 is 34.7 Å². The van der Waals surface area contributed by atoms with Crippen molar-refractivity contribution in [3.05, 3.63) is 0 Å². The molecule has 0 aromatic carbocycles. The largest absolute Gasteiger partial charge is 0.468 e. The Labute approximate surface area is 235 Å². The Balaban J connectivity index is 1.95. The van der Waals surface area contributed by atoms with Crippen LogP contribution in [0.15, 0.2) is 0 Å². The minimum Gasteiger partial charge on any atom is -0.468 e. The van der Waals surface area contributed by atoms with Crippen LogP contribution in [0.25, 0.3) is 0 Å². The number of alkyl carbamates (subject to hydrolysis) is 1. The van der Waals surface area contributed by atoms with Crippen LogP contribution < -0.4 is 16.0 Å². The van der Waals surface area contributed by atoms with Crippen molar-refractivity contribution >= 4 is 25.1 Å². The average Bonchev–Trinajstić information content (AvgIpc) is 3.29. The Morgan fingerprint density at radius 1 is 1.00 bits per heavy atom. The normalized spacial score (nSPS) is 25.8. The van der Waals surface area contributed by atoms with Crippen molar-refractivity contribution < 1.29 is 33.2 Å². The summed E-state index contributed by atoms with van der Waals surface area (Å²) in [5.74, 6) is -0.361. The van der Waals surface area contributed by atoms with E-state index in [2.05, 4.69) is 16.0 Å². The summed E-state index contributed by atoms with van der Waals surface area (Å²) in [6.45, 7) is 17.1. The number of carbonyl (C=O) groups excluding carboxylic acids is 3. The van der Waals surface area contributed by atoms with Gasteiger partial charge in [0.2, 0.25) is 5.91 Å². The Hall–Kier alpha value is -1.85. The van der Waals surface area contributed by atoms with Gasteiger partial charge in [-0.15, -0.1) is 0 Å². The fraction of sp³-hybridized carbons (Fsp3) is 0.893. The second kappa shape index (κ2) is 13.2. The second-order valence-electron chi connectivity index (χ2n) is 12.9. The third-order valence-electron chi connectivity index (χ3n) is 8.52. The molecule has 2 aliphatic rings. The zero-order chi connectivity index (χ0) is 29.5. The molecule has 2 saturated heterocycles. The third kappa shape index (κ3) is 8.33. The van der Waals surface area contributed by atoms with Gasteiger partial charge in [-0.3, -0.25) is 9.59 Å². The molecule has 2 rings (SSSR count). The van der Waals surface area contributed by atoms with Gasteiger partial charge in [-0.05, 0) is 93.4 Å². The lowest BCUT2D eigenvalue weighted by Gasteiger charge is -2.43. The summed E-state index contributed by atoms with van der Waals surface area (Å²) in [5, 5.41) is 9.26. The molecule has 3 N–H and O–H groups in total. The Morgan fingerprint density at radius 2 is 1.64 bits per heavy atom. The van der Waals surface area contributed by atoms with Crippen molar-refractivity contribution in [2.24, 2.45) is 5.41 Å². The monoisotopic (exact) mass is 553 g/mol. The molecule has 0 saturated carbocycles. The van der Waals surface area contributed by atoms with Gasteiger partial charge in [0.15, 0.2) is 0 Å². The van der Waals surface area contributed by atoms with Crippen LogP contribution >= 0.6 is 0 Å². The summed E-state index contributed by atoms with van der Waals surface area (Å²) in [6.07, 6.45) is 4.68. The lowest BCUT2D eigenvalue weighted by Crippen LogP contribution is -2.61. The maximum Gasteiger partial charge on any atom is 0.457 e. The number of esters is 1. The van der Waals surface area contributed by atoms with Crippen LogP contribution in [0.1, 0.15) is 100 Å². The van der Waals surface area contributed by atoms with Gasteiger partial charge in [-0.25, -0.2) is 4.79 Å². The quantitative estimate of drug-likeness (QED) is 0.178. The molecule has 224 valence electrons. The van der Waals surface area contributed by atoms with Gasteiger partial charge >= 0.3 is 19.2 Å². The molecule has 2 amide bonds. The van der Waals surface area contributed by atoms with Crippen molar-refractivity contribution in [1.29, 1.82) is 0 Å². The van der Waals surface area contributed by atoms with Crippen LogP contribution in [0, 0.1) is 5.41 Å². The smallest absolute Gasteiger partial charge is 0.457 e. The van der Waals surface area contributed by atoms with Crippen molar-refractivity contribution in [3.8, 4) is 0 Å². The molecule has 0 spiro atoms. The first kappa shape index (κ1) is 33.4. The molecule has 10 nitrogen and oxygen atoms in total. The minimum absolute atomic E-state index is 0.0700. The van der Waals surface area contributed by atoms with Crippen molar-refractivity contribution in [1.82, 2.24) is 16.0 Å². The number of ether oxygens (including phenoxy) is 2. The van der Waals surface area contributed by atoms with Gasteiger partial charge in [-0.2, -0.15) is 0 Å². The molecule has 2 atom stereocenters. The van der Waals surface area contributed by atoms with Crippen LogP contribution in [0.3, 0.4) is 0 Å². The zero-order valence-electron chi connectivity index (χ0n) is 25.7. The summed E-state index contributed by atoms with van der Waals surface area (Å²) in [4.78, 5) is 37.7. The van der Waals surface area contributed by atoms with Gasteiger partial charge in [0, 0.05) is 24.9 Å². The molecule has 11 heteroatoms. The van der Waals surface area contributed by atoms with Crippen molar-refractivity contribution in [2.45, 2.75) is 129 Å². The number of hydrogen-bond acceptors (Lipinski definition) is 8. The van der Waals surface area contributed by atoms with E-state index in [9.17, 15) is 14.4 Å². The fourth-order valence-corrected chi connectivity index (χ4v) is 5.65. The Morgan fingerprint density at radius 3 is 2.21 bits per heavy atom. The van der Waals surface area contributed by atoms with Crippen LogP contribution in [0.2, 0.25) is 6.32 Å². The molecule has 0 aromatic heterocycles. The van der Waals surface area contributed by atoms with Crippen LogP contribution in [-0.4, -0.2) is 74.2 Å². The SMILES string of the molecule is CC[C@]1(C(=O)OC)NCC[C@]1(CCCB1OC(C)(C)C(C)(C)O1)CNC(=O)CCCCNC(=O)OC(C)(C)C. The van der Waals surface area contributed by atoms with E-state index in [-0.39, 0.29) is 30.2 Å². The highest BCUT2D eigenvalue weighted by Gasteiger charge is 2.59. The lowest BCUT2D eigenvalue weighted by atomic mass is 9.64. The van der Waals surface area contributed by atoms with Gasteiger partial charge in [0.25, 0.3) is 0 Å². The maximum atomic E-state index is 13.1. The first-order valence-electron chi connectivity index (χ1n) is 14.5. The van der Waals surface area contributed by atoms with E-state index in [1.807, 2.05) is 55.4 Å². The highest BCUT2D eigenvalue weighted by Crippen LogP contribution is 2.47. The summed E-state index contributed by atoms with van der Waals surface area (Å²) >= 11 is 0. The predicted molar refractivity (Wildman–Crippen MR) is 151 cm³/mol. The van der Waals surface area contributed by atoms with E-state index in [1.165, 1.54) is 7.11 Å². The minimum atomic E-state index is -0.873. The number of methoxy groups -OCH3 is 1. The lowest BCUT2D eigenvalue weighted by molar-refractivity contribution is -0.154. The topological polar surface area (TPSA) is 124 Å². The molecule has 0 radical (unpaired) electrons. The summed E-state index contributed by atoms with van der Waals surface area (Å²) in [6, 6.07) is 0. The number of rotatable bonds is 13. The Bertz CT molecular complexity index is 845. The number of unbranched alkanes of at least 4 members (excludes halogenated alkanes) is 1. The highest BCUT2D eigenvalue weighted by molar-refractivity contribution is 6.45. The maximum absolute atomic E-state index is 13.1. The van der Waals surface area contributed by atoms with Crippen molar-refractivity contribution in [2.75, 3.05) is 26.7 Å². The van der Waals surface area contributed by atoms with E-state index in [4.69, 9.17) is 18.8 Å². The summed E-state index contributed by atoms with van der Waals surface area (Å²) in [7, 11) is 1.11.